The van der Waals surface area contributed by atoms with E-state index in [-0.39, 0.29) is 29.7 Å². The predicted molar refractivity (Wildman–Crippen MR) is 142 cm³/mol. The number of phenols is 1. The molecule has 0 spiro atoms. The zero-order chi connectivity index (χ0) is 25.8. The highest BCUT2D eigenvalue weighted by Crippen LogP contribution is 2.49. The Morgan fingerprint density at radius 2 is 1.70 bits per heavy atom. The quantitative estimate of drug-likeness (QED) is 0.354. The Balaban J connectivity index is 1.51. The summed E-state index contributed by atoms with van der Waals surface area (Å²) in [5.41, 5.74) is 9.49. The number of carbonyl (C=O) groups excluding carboxylic acids is 1. The van der Waals surface area contributed by atoms with Crippen LogP contribution >= 0.6 is 0 Å². The van der Waals surface area contributed by atoms with Gasteiger partial charge in [-0.1, -0.05) is 67.9 Å². The van der Waals surface area contributed by atoms with Crippen molar-refractivity contribution in [2.24, 2.45) is 5.92 Å². The highest BCUT2D eigenvalue weighted by molar-refractivity contribution is 5.86. The number of amides is 1. The van der Waals surface area contributed by atoms with Crippen LogP contribution in [0.25, 0.3) is 0 Å². The van der Waals surface area contributed by atoms with Crippen LogP contribution in [0.2, 0.25) is 0 Å². The number of methoxy groups -OCH3 is 1. The number of fused-ring (bicyclic) bond motifs is 1. The topological polar surface area (TPSA) is 83.1 Å². The Bertz CT molecular complexity index is 1220. The van der Waals surface area contributed by atoms with Gasteiger partial charge in [-0.25, -0.2) is 10.9 Å². The lowest BCUT2D eigenvalue weighted by Crippen LogP contribution is -2.42. The molecule has 3 N–H and O–H groups in total. The lowest BCUT2D eigenvalue weighted by Gasteiger charge is -2.32. The molecule has 7 heteroatoms. The predicted octanol–water partition coefficient (Wildman–Crippen LogP) is 4.54. The van der Waals surface area contributed by atoms with Crippen molar-refractivity contribution in [2.75, 3.05) is 20.3 Å². The van der Waals surface area contributed by atoms with Crippen LogP contribution in [0.3, 0.4) is 0 Å². The van der Waals surface area contributed by atoms with E-state index in [1.165, 1.54) is 5.56 Å². The first-order valence-corrected chi connectivity index (χ1v) is 13.1. The first kappa shape index (κ1) is 25.1. The molecule has 194 valence electrons. The number of aromatic hydroxyl groups is 1. The second-order valence-electron chi connectivity index (χ2n) is 9.70. The lowest BCUT2D eigenvalue weighted by molar-refractivity contribution is -0.130. The van der Waals surface area contributed by atoms with Gasteiger partial charge in [0, 0.05) is 18.0 Å². The van der Waals surface area contributed by atoms with Gasteiger partial charge in [-0.15, -0.1) is 0 Å². The Kier molecular flexibility index (Phi) is 7.63. The van der Waals surface area contributed by atoms with Crippen LogP contribution in [0, 0.1) is 5.92 Å². The van der Waals surface area contributed by atoms with Crippen LogP contribution in [-0.2, 0) is 11.2 Å². The fourth-order valence-electron chi connectivity index (χ4n) is 5.57. The molecule has 0 saturated carbocycles. The van der Waals surface area contributed by atoms with Crippen molar-refractivity contribution in [2.45, 2.75) is 44.3 Å². The number of carbonyl (C=O) groups is 1. The largest absolute Gasteiger partial charge is 0.508 e. The zero-order valence-electron chi connectivity index (χ0n) is 21.4. The molecule has 2 saturated heterocycles. The maximum Gasteiger partial charge on any atom is 0.242 e. The van der Waals surface area contributed by atoms with Crippen molar-refractivity contribution in [1.29, 1.82) is 0 Å². The molecule has 7 nitrogen and oxygen atoms in total. The minimum absolute atomic E-state index is 0.0543. The second kappa shape index (κ2) is 11.2. The molecule has 2 aliphatic heterocycles. The average molecular weight is 502 g/mol. The number of hydrazine groups is 1. The normalized spacial score (nSPS) is 22.8. The van der Waals surface area contributed by atoms with Crippen LogP contribution in [0.5, 0.6) is 17.2 Å². The van der Waals surface area contributed by atoms with E-state index in [1.54, 1.807) is 13.2 Å². The smallest absolute Gasteiger partial charge is 0.242 e. The van der Waals surface area contributed by atoms with Gasteiger partial charge in [0.2, 0.25) is 5.91 Å². The van der Waals surface area contributed by atoms with Crippen molar-refractivity contribution in [3.8, 4) is 17.2 Å². The summed E-state index contributed by atoms with van der Waals surface area (Å²) in [4.78, 5) is 15.7. The molecule has 3 aromatic rings. The Hall–Kier alpha value is -3.55. The fraction of sp³-hybridized carbons (Fsp3) is 0.367. The van der Waals surface area contributed by atoms with Gasteiger partial charge < -0.3 is 19.5 Å². The molecule has 2 fully saturated rings. The number of unbranched alkanes of at least 4 members (excludes halogenated alkanes) is 1. The molecule has 0 aliphatic carbocycles. The van der Waals surface area contributed by atoms with Crippen LogP contribution in [0.4, 0.5) is 0 Å². The van der Waals surface area contributed by atoms with Crippen LogP contribution < -0.4 is 20.3 Å². The third-order valence-corrected chi connectivity index (χ3v) is 7.45. The molecule has 0 aromatic heterocycles. The summed E-state index contributed by atoms with van der Waals surface area (Å²) in [5, 5.41) is 10.7. The number of phenolic OH excluding ortho intramolecular Hbond substituents is 1. The summed E-state index contributed by atoms with van der Waals surface area (Å²) in [5.74, 6) is 1.50. The maximum atomic E-state index is 13.8. The molecule has 2 heterocycles. The van der Waals surface area contributed by atoms with Crippen molar-refractivity contribution in [1.82, 2.24) is 15.8 Å². The highest BCUT2D eigenvalue weighted by Gasteiger charge is 2.55. The summed E-state index contributed by atoms with van der Waals surface area (Å²) in [7, 11) is 1.64. The first-order chi connectivity index (χ1) is 18.1. The number of likely N-dealkylation sites (tertiary alicyclic amines) is 1. The van der Waals surface area contributed by atoms with Crippen molar-refractivity contribution in [3.63, 3.8) is 0 Å². The van der Waals surface area contributed by atoms with E-state index in [0.29, 0.717) is 24.7 Å². The highest BCUT2D eigenvalue weighted by atomic mass is 16.5. The molecule has 0 radical (unpaired) electrons. The minimum atomic E-state index is -0.406. The van der Waals surface area contributed by atoms with E-state index in [2.05, 4.69) is 29.9 Å². The van der Waals surface area contributed by atoms with Crippen molar-refractivity contribution < 1.29 is 19.4 Å². The van der Waals surface area contributed by atoms with E-state index in [0.717, 1.165) is 30.4 Å². The van der Waals surface area contributed by atoms with Gasteiger partial charge in [0.05, 0.1) is 25.8 Å². The number of ether oxygens (including phenoxy) is 2. The van der Waals surface area contributed by atoms with E-state index >= 15 is 0 Å². The number of nitrogens with one attached hydrogen (secondary N) is 2. The van der Waals surface area contributed by atoms with Gasteiger partial charge >= 0.3 is 0 Å². The molecular formula is C30H35N3O4. The Labute approximate surface area is 218 Å². The summed E-state index contributed by atoms with van der Waals surface area (Å²) in [6.45, 7) is 3.35. The van der Waals surface area contributed by atoms with Gasteiger partial charge in [-0.3, -0.25) is 4.79 Å². The molecule has 4 unspecified atom stereocenters. The van der Waals surface area contributed by atoms with Gasteiger partial charge in [-0.2, -0.15) is 0 Å². The second-order valence-corrected chi connectivity index (χ2v) is 9.70. The fourth-order valence-corrected chi connectivity index (χ4v) is 5.57. The van der Waals surface area contributed by atoms with E-state index < -0.39 is 6.04 Å². The van der Waals surface area contributed by atoms with Crippen molar-refractivity contribution in [3.05, 3.63) is 89.5 Å². The summed E-state index contributed by atoms with van der Waals surface area (Å²) in [6, 6.07) is 22.7. The standard InChI is InChI=1S/C30H35N3O4/c1-3-4-18-37-24-15-14-21(19-25(24)36-2)29-26-27(22-12-8-9-13-23(22)34)31-32-28(26)30(35)33(29)17-16-20-10-6-5-7-11-20/h5-15,19,26-29,31-32,34H,3-4,16-18H2,1-2H3. The maximum absolute atomic E-state index is 13.8. The molecule has 5 rings (SSSR count). The van der Waals surface area contributed by atoms with Crippen LogP contribution in [0.1, 0.15) is 48.5 Å². The SMILES string of the molecule is CCCCOc1ccc(C2C3C(NNC3c3ccccc3O)C(=O)N2CCc2ccccc2)cc1OC. The third-order valence-electron chi connectivity index (χ3n) is 7.45. The molecule has 4 atom stereocenters. The third kappa shape index (κ3) is 5.02. The molecule has 2 aliphatic rings. The monoisotopic (exact) mass is 501 g/mol. The first-order valence-electron chi connectivity index (χ1n) is 13.1. The number of rotatable bonds is 10. The van der Waals surface area contributed by atoms with E-state index in [1.807, 2.05) is 59.5 Å². The van der Waals surface area contributed by atoms with Gasteiger partial charge in [0.25, 0.3) is 0 Å². The van der Waals surface area contributed by atoms with Gasteiger partial charge in [0.15, 0.2) is 11.5 Å². The van der Waals surface area contributed by atoms with E-state index in [9.17, 15) is 9.90 Å². The number of benzene rings is 3. The number of hydrogen-bond acceptors (Lipinski definition) is 6. The molecule has 1 amide bonds. The Morgan fingerprint density at radius 3 is 2.46 bits per heavy atom. The number of nitrogens with zero attached hydrogens (tertiary/aromatic N) is 1. The summed E-state index contributed by atoms with van der Waals surface area (Å²) in [6.07, 6.45) is 2.78. The molecule has 0 bridgehead atoms. The zero-order valence-corrected chi connectivity index (χ0v) is 21.4. The number of para-hydroxylation sites is 1. The van der Waals surface area contributed by atoms with Crippen LogP contribution in [-0.4, -0.2) is 42.2 Å². The summed E-state index contributed by atoms with van der Waals surface area (Å²) < 4.78 is 11.7. The van der Waals surface area contributed by atoms with Gasteiger partial charge in [0.1, 0.15) is 11.8 Å². The van der Waals surface area contributed by atoms with Crippen LogP contribution in [0.15, 0.2) is 72.8 Å². The molecule has 3 aromatic carbocycles. The van der Waals surface area contributed by atoms with Crippen molar-refractivity contribution >= 4 is 5.91 Å². The molecule has 37 heavy (non-hydrogen) atoms. The number of hydrogen-bond donors (Lipinski definition) is 3. The average Bonchev–Trinajstić information content (AvgIpc) is 3.47. The van der Waals surface area contributed by atoms with E-state index in [4.69, 9.17) is 9.47 Å². The minimum Gasteiger partial charge on any atom is -0.508 e. The van der Waals surface area contributed by atoms with Gasteiger partial charge in [-0.05, 0) is 42.2 Å². The Morgan fingerprint density at radius 1 is 0.946 bits per heavy atom. The molecular weight excluding hydrogens is 466 g/mol. The lowest BCUT2D eigenvalue weighted by atomic mass is 9.83. The summed E-state index contributed by atoms with van der Waals surface area (Å²) >= 11 is 0.